The number of hydrogen-bond acceptors (Lipinski definition) is 4. The molecule has 0 amide bonds. The number of aromatic nitrogens is 3. The zero-order valence-corrected chi connectivity index (χ0v) is 15.3. The van der Waals surface area contributed by atoms with Crippen LogP contribution in [0.25, 0.3) is 11.4 Å². The Morgan fingerprint density at radius 3 is 2.67 bits per heavy atom. The van der Waals surface area contributed by atoms with E-state index in [9.17, 15) is 8.42 Å². The van der Waals surface area contributed by atoms with Crippen LogP contribution in [0, 0.1) is 6.92 Å². The number of rotatable bonds is 4. The van der Waals surface area contributed by atoms with Crippen LogP contribution in [0.2, 0.25) is 0 Å². The van der Waals surface area contributed by atoms with Crippen molar-refractivity contribution in [1.29, 1.82) is 0 Å². The highest BCUT2D eigenvalue weighted by Crippen LogP contribution is 2.34. The van der Waals surface area contributed by atoms with Gasteiger partial charge in [-0.15, -0.1) is 0 Å². The predicted octanol–water partition coefficient (Wildman–Crippen LogP) is 1.73. The fourth-order valence-electron chi connectivity index (χ4n) is 3.04. The zero-order valence-electron chi connectivity index (χ0n) is 14.5. The van der Waals surface area contributed by atoms with E-state index in [0.717, 1.165) is 35.7 Å². The zero-order chi connectivity index (χ0) is 17.5. The molecule has 0 unspecified atom stereocenters. The molecule has 7 nitrogen and oxygen atoms in total. The Hall–Kier alpha value is -1.77. The van der Waals surface area contributed by atoms with Crippen molar-refractivity contribution in [2.75, 3.05) is 20.6 Å². The van der Waals surface area contributed by atoms with Crippen molar-refractivity contribution < 1.29 is 8.42 Å². The second kappa shape index (κ2) is 6.27. The topological polar surface area (TPSA) is 71.3 Å². The molecule has 2 aromatic heterocycles. The maximum Gasteiger partial charge on any atom is 0.282 e. The lowest BCUT2D eigenvalue weighted by atomic mass is 10.1. The van der Waals surface area contributed by atoms with E-state index in [1.165, 1.54) is 4.31 Å². The van der Waals surface area contributed by atoms with Gasteiger partial charge in [0, 0.05) is 27.7 Å². The predicted molar refractivity (Wildman–Crippen MR) is 92.5 cm³/mol. The molecule has 0 aliphatic carbocycles. The Balaban J connectivity index is 1.98. The first-order chi connectivity index (χ1) is 11.3. The molecule has 1 aliphatic rings. The number of aryl methyl sites for hydroxylation is 1. The molecule has 0 saturated carbocycles. The molecular formula is C16H23N5O2S. The molecule has 0 radical (unpaired) electrons. The summed E-state index contributed by atoms with van der Waals surface area (Å²) in [5, 5.41) is 0. The van der Waals surface area contributed by atoms with Crippen LogP contribution in [-0.4, -0.2) is 52.2 Å². The largest absolute Gasteiger partial charge is 0.330 e. The number of pyridine rings is 1. The van der Waals surface area contributed by atoms with Gasteiger partial charge >= 0.3 is 0 Å². The van der Waals surface area contributed by atoms with E-state index < -0.39 is 10.2 Å². The Morgan fingerprint density at radius 1 is 1.29 bits per heavy atom. The summed E-state index contributed by atoms with van der Waals surface area (Å²) >= 11 is 0. The number of hydrogen-bond donors (Lipinski definition) is 0. The van der Waals surface area contributed by atoms with E-state index in [1.807, 2.05) is 36.7 Å². The minimum atomic E-state index is -3.45. The average Bonchev–Trinajstić information content (AvgIpc) is 3.16. The smallest absolute Gasteiger partial charge is 0.282 e. The fourth-order valence-corrected chi connectivity index (χ4v) is 4.36. The summed E-state index contributed by atoms with van der Waals surface area (Å²) in [7, 11) is 1.63. The molecular weight excluding hydrogens is 326 g/mol. The van der Waals surface area contributed by atoms with Crippen molar-refractivity contribution in [3.63, 3.8) is 0 Å². The monoisotopic (exact) mass is 349 g/mol. The maximum absolute atomic E-state index is 12.5. The highest BCUT2D eigenvalue weighted by molar-refractivity contribution is 7.86. The second-order valence-electron chi connectivity index (χ2n) is 6.26. The van der Waals surface area contributed by atoms with Crippen molar-refractivity contribution >= 4 is 10.2 Å². The van der Waals surface area contributed by atoms with E-state index in [-0.39, 0.29) is 6.04 Å². The van der Waals surface area contributed by atoms with Gasteiger partial charge in [-0.1, -0.05) is 6.07 Å². The molecule has 24 heavy (non-hydrogen) atoms. The quantitative estimate of drug-likeness (QED) is 0.843. The minimum Gasteiger partial charge on any atom is -0.330 e. The Labute approximate surface area is 143 Å². The normalized spacial score (nSPS) is 19.3. The number of nitrogens with zero attached hydrogens (tertiary/aromatic N) is 5. The van der Waals surface area contributed by atoms with Gasteiger partial charge in [0.05, 0.1) is 29.3 Å². The first kappa shape index (κ1) is 17.1. The number of imidazole rings is 1. The standard InChI is InChI=1S/C16H23N5O2S/c1-12-17-11-16(20(12)4)14-8-5-7-13(18-14)15-9-6-10-21(15)24(22,23)19(2)3/h5,7-8,11,15H,6,9-10H2,1-4H3/t15-/m0/s1. The van der Waals surface area contributed by atoms with Gasteiger partial charge in [-0.25, -0.2) is 9.97 Å². The molecule has 1 aliphatic heterocycles. The van der Waals surface area contributed by atoms with Gasteiger partial charge in [0.15, 0.2) is 0 Å². The fraction of sp³-hybridized carbons (Fsp3) is 0.500. The highest BCUT2D eigenvalue weighted by atomic mass is 32.2. The SMILES string of the molecule is Cc1ncc(-c2cccc([C@@H]3CCCN3S(=O)(=O)N(C)C)n2)n1C. The van der Waals surface area contributed by atoms with Crippen LogP contribution < -0.4 is 0 Å². The molecule has 2 aromatic rings. The molecule has 3 rings (SSSR count). The molecule has 0 aromatic carbocycles. The molecule has 130 valence electrons. The van der Waals surface area contributed by atoms with Crippen LogP contribution in [-0.2, 0) is 17.3 Å². The van der Waals surface area contributed by atoms with Crippen molar-refractivity contribution in [3.05, 3.63) is 35.9 Å². The van der Waals surface area contributed by atoms with E-state index in [4.69, 9.17) is 4.98 Å². The molecule has 1 atom stereocenters. The molecule has 3 heterocycles. The van der Waals surface area contributed by atoms with Crippen LogP contribution in [0.4, 0.5) is 0 Å². The van der Waals surface area contributed by atoms with Crippen molar-refractivity contribution in [2.45, 2.75) is 25.8 Å². The molecule has 1 saturated heterocycles. The van der Waals surface area contributed by atoms with E-state index in [2.05, 4.69) is 4.98 Å². The third-order valence-corrected chi connectivity index (χ3v) is 6.51. The van der Waals surface area contributed by atoms with Crippen molar-refractivity contribution in [2.24, 2.45) is 7.05 Å². The summed E-state index contributed by atoms with van der Waals surface area (Å²) in [5.74, 6) is 0.912. The van der Waals surface area contributed by atoms with Gasteiger partial charge in [0.1, 0.15) is 5.82 Å². The molecule has 8 heteroatoms. The summed E-state index contributed by atoms with van der Waals surface area (Å²) in [6.07, 6.45) is 3.42. The van der Waals surface area contributed by atoms with Crippen LogP contribution in [0.3, 0.4) is 0 Å². The Morgan fingerprint density at radius 2 is 2.04 bits per heavy atom. The summed E-state index contributed by atoms with van der Waals surface area (Å²) in [4.78, 5) is 9.04. The van der Waals surface area contributed by atoms with Gasteiger partial charge in [-0.3, -0.25) is 0 Å². The van der Waals surface area contributed by atoms with Crippen LogP contribution in [0.1, 0.15) is 30.4 Å². The minimum absolute atomic E-state index is 0.216. The average molecular weight is 349 g/mol. The van der Waals surface area contributed by atoms with Gasteiger partial charge in [-0.05, 0) is 31.9 Å². The molecule has 0 N–H and O–H groups in total. The summed E-state index contributed by atoms with van der Waals surface area (Å²) in [5.41, 5.74) is 2.52. The van der Waals surface area contributed by atoms with Gasteiger partial charge in [0.2, 0.25) is 0 Å². The highest BCUT2D eigenvalue weighted by Gasteiger charge is 2.37. The Kier molecular flexibility index (Phi) is 4.46. The third-order valence-electron chi connectivity index (χ3n) is 4.56. The van der Waals surface area contributed by atoms with Gasteiger partial charge in [0.25, 0.3) is 10.2 Å². The van der Waals surface area contributed by atoms with Gasteiger partial charge < -0.3 is 4.57 Å². The van der Waals surface area contributed by atoms with E-state index >= 15 is 0 Å². The van der Waals surface area contributed by atoms with Crippen LogP contribution >= 0.6 is 0 Å². The van der Waals surface area contributed by atoms with Crippen molar-refractivity contribution in [3.8, 4) is 11.4 Å². The molecule has 0 bridgehead atoms. The Bertz CT molecular complexity index is 844. The first-order valence-corrected chi connectivity index (χ1v) is 9.37. The summed E-state index contributed by atoms with van der Waals surface area (Å²) < 4.78 is 29.9. The van der Waals surface area contributed by atoms with E-state index in [1.54, 1.807) is 24.6 Å². The first-order valence-electron chi connectivity index (χ1n) is 7.97. The molecule has 0 spiro atoms. The lowest BCUT2D eigenvalue weighted by Gasteiger charge is -2.26. The molecule has 1 fully saturated rings. The van der Waals surface area contributed by atoms with Gasteiger partial charge in [-0.2, -0.15) is 17.0 Å². The second-order valence-corrected chi connectivity index (χ2v) is 8.35. The lowest BCUT2D eigenvalue weighted by Crippen LogP contribution is -2.39. The lowest BCUT2D eigenvalue weighted by molar-refractivity contribution is 0.358. The summed E-state index contributed by atoms with van der Waals surface area (Å²) in [6.45, 7) is 2.47. The van der Waals surface area contributed by atoms with Crippen LogP contribution in [0.5, 0.6) is 0 Å². The van der Waals surface area contributed by atoms with Crippen LogP contribution in [0.15, 0.2) is 24.4 Å². The van der Waals surface area contributed by atoms with Crippen molar-refractivity contribution in [1.82, 2.24) is 23.1 Å². The maximum atomic E-state index is 12.5. The third kappa shape index (κ3) is 2.85. The van der Waals surface area contributed by atoms with E-state index in [0.29, 0.717) is 6.54 Å². The summed E-state index contributed by atoms with van der Waals surface area (Å²) in [6, 6.07) is 5.55.